The lowest BCUT2D eigenvalue weighted by Gasteiger charge is -2.17. The summed E-state index contributed by atoms with van der Waals surface area (Å²) in [6, 6.07) is 11.2. The number of amides is 1. The minimum Gasteiger partial charge on any atom is -0.351 e. The van der Waals surface area contributed by atoms with Gasteiger partial charge in [0, 0.05) is 25.5 Å². The van der Waals surface area contributed by atoms with E-state index >= 15 is 0 Å². The summed E-state index contributed by atoms with van der Waals surface area (Å²) in [5.41, 5.74) is 0.993. The number of hydrogen-bond donors (Lipinski definition) is 2. The molecule has 0 spiro atoms. The van der Waals surface area contributed by atoms with Crippen molar-refractivity contribution in [2.75, 3.05) is 20.6 Å². The Labute approximate surface area is 202 Å². The third-order valence-corrected chi connectivity index (χ3v) is 8.94. The van der Waals surface area contributed by atoms with Crippen LogP contribution in [0.2, 0.25) is 0 Å². The van der Waals surface area contributed by atoms with Crippen molar-refractivity contribution in [1.29, 1.82) is 0 Å². The molecule has 2 heterocycles. The van der Waals surface area contributed by atoms with Crippen molar-refractivity contribution in [2.45, 2.75) is 22.9 Å². The molecule has 3 aromatic rings. The number of benzene rings is 1. The molecule has 0 bridgehead atoms. The molecule has 0 aliphatic rings. The fourth-order valence-electron chi connectivity index (χ4n) is 2.69. The highest BCUT2D eigenvalue weighted by Gasteiger charge is 2.25. The van der Waals surface area contributed by atoms with Gasteiger partial charge in [0.2, 0.25) is 0 Å². The molecule has 0 unspecified atom stereocenters. The maximum absolute atomic E-state index is 12.9. The van der Waals surface area contributed by atoms with Gasteiger partial charge in [-0.05, 0) is 62.9 Å². The van der Waals surface area contributed by atoms with E-state index in [0.29, 0.717) is 40.5 Å². The van der Waals surface area contributed by atoms with Crippen LogP contribution in [0.25, 0.3) is 0 Å². The SMILES string of the molecule is CN(C)S(=O)(=O)n1c(CCCNC(=O)c2cc(Br)c(Br)[nH]2)cnc1Sc1ccccc1. The highest BCUT2D eigenvalue weighted by atomic mass is 79.9. The maximum atomic E-state index is 12.9. The minimum atomic E-state index is -3.75. The summed E-state index contributed by atoms with van der Waals surface area (Å²) in [4.78, 5) is 20.4. The van der Waals surface area contributed by atoms with Gasteiger partial charge in [-0.3, -0.25) is 4.79 Å². The molecule has 0 aliphatic heterocycles. The summed E-state index contributed by atoms with van der Waals surface area (Å²) in [5.74, 6) is -0.235. The lowest BCUT2D eigenvalue weighted by atomic mass is 10.2. The predicted molar refractivity (Wildman–Crippen MR) is 128 cm³/mol. The first-order valence-electron chi connectivity index (χ1n) is 9.25. The van der Waals surface area contributed by atoms with Crippen molar-refractivity contribution in [3.05, 3.63) is 63.1 Å². The molecule has 31 heavy (non-hydrogen) atoms. The van der Waals surface area contributed by atoms with Gasteiger partial charge in [-0.1, -0.05) is 30.0 Å². The van der Waals surface area contributed by atoms with Crippen LogP contribution in [0.3, 0.4) is 0 Å². The van der Waals surface area contributed by atoms with Crippen molar-refractivity contribution in [3.63, 3.8) is 0 Å². The van der Waals surface area contributed by atoms with Crippen molar-refractivity contribution < 1.29 is 13.2 Å². The zero-order chi connectivity index (χ0) is 22.6. The van der Waals surface area contributed by atoms with Gasteiger partial charge in [-0.2, -0.15) is 12.7 Å². The van der Waals surface area contributed by atoms with E-state index in [9.17, 15) is 13.2 Å². The number of carbonyl (C=O) groups is 1. The Hall–Kier alpha value is -1.60. The Kier molecular flexibility index (Phi) is 8.03. The van der Waals surface area contributed by atoms with Crippen LogP contribution in [0.1, 0.15) is 22.6 Å². The summed E-state index contributed by atoms with van der Waals surface area (Å²) in [5, 5.41) is 3.21. The second-order valence-electron chi connectivity index (χ2n) is 6.71. The summed E-state index contributed by atoms with van der Waals surface area (Å²) in [7, 11) is -0.772. The summed E-state index contributed by atoms with van der Waals surface area (Å²) in [6.45, 7) is 0.390. The van der Waals surface area contributed by atoms with Crippen molar-refractivity contribution in [1.82, 2.24) is 23.6 Å². The second kappa shape index (κ2) is 10.3. The van der Waals surface area contributed by atoms with E-state index in [1.54, 1.807) is 12.3 Å². The normalized spacial score (nSPS) is 11.8. The van der Waals surface area contributed by atoms with Crippen LogP contribution >= 0.6 is 43.6 Å². The van der Waals surface area contributed by atoms with Crippen LogP contribution in [0.5, 0.6) is 0 Å². The van der Waals surface area contributed by atoms with Gasteiger partial charge in [-0.15, -0.1) is 0 Å². The standard InChI is InChI=1S/C19H21Br2N5O3S2/c1-25(2)31(28,29)26-13(12-23-19(26)30-14-8-4-3-5-9-14)7-6-10-22-18(27)16-11-15(20)17(21)24-16/h3-5,8-9,11-12,24H,6-7,10H2,1-2H3,(H,22,27). The van der Waals surface area contributed by atoms with E-state index in [1.807, 2.05) is 30.3 Å². The molecule has 0 atom stereocenters. The molecule has 8 nitrogen and oxygen atoms in total. The van der Waals surface area contributed by atoms with Crippen LogP contribution in [0, 0.1) is 0 Å². The first-order valence-corrected chi connectivity index (χ1v) is 13.0. The fourth-order valence-corrected chi connectivity index (χ4v) is 5.55. The highest BCUT2D eigenvalue weighted by Crippen LogP contribution is 2.29. The molecular formula is C19H21Br2N5O3S2. The van der Waals surface area contributed by atoms with Crippen LogP contribution in [0.15, 0.2) is 61.7 Å². The van der Waals surface area contributed by atoms with E-state index in [2.05, 4.69) is 47.1 Å². The smallest absolute Gasteiger partial charge is 0.309 e. The van der Waals surface area contributed by atoms with Crippen LogP contribution in [0.4, 0.5) is 0 Å². The molecule has 3 rings (SSSR count). The number of H-pyrrole nitrogens is 1. The lowest BCUT2D eigenvalue weighted by Crippen LogP contribution is -2.31. The van der Waals surface area contributed by atoms with Gasteiger partial charge in [0.25, 0.3) is 5.91 Å². The third kappa shape index (κ3) is 5.80. The van der Waals surface area contributed by atoms with E-state index in [-0.39, 0.29) is 5.91 Å². The first-order chi connectivity index (χ1) is 14.7. The number of nitrogens with zero attached hydrogens (tertiary/aromatic N) is 3. The average Bonchev–Trinajstić information content (AvgIpc) is 3.29. The highest BCUT2D eigenvalue weighted by molar-refractivity contribution is 9.13. The predicted octanol–water partition coefficient (Wildman–Crippen LogP) is 3.90. The van der Waals surface area contributed by atoms with Crippen LogP contribution in [-0.4, -0.2) is 53.2 Å². The molecule has 12 heteroatoms. The van der Waals surface area contributed by atoms with E-state index in [0.717, 1.165) is 13.7 Å². The number of nitrogens with one attached hydrogen (secondary N) is 2. The number of hydrogen-bond acceptors (Lipinski definition) is 5. The molecule has 1 aromatic carbocycles. The summed E-state index contributed by atoms with van der Waals surface area (Å²) < 4.78 is 29.8. The lowest BCUT2D eigenvalue weighted by molar-refractivity contribution is 0.0948. The zero-order valence-electron chi connectivity index (χ0n) is 16.8. The van der Waals surface area contributed by atoms with Gasteiger partial charge in [-0.25, -0.2) is 8.96 Å². The Balaban J connectivity index is 1.71. The van der Waals surface area contributed by atoms with Crippen molar-refractivity contribution >= 4 is 59.7 Å². The van der Waals surface area contributed by atoms with Crippen LogP contribution < -0.4 is 5.32 Å². The summed E-state index contributed by atoms with van der Waals surface area (Å²) in [6.07, 6.45) is 2.57. The number of aromatic nitrogens is 3. The monoisotopic (exact) mass is 589 g/mol. The molecule has 0 saturated heterocycles. The van der Waals surface area contributed by atoms with Gasteiger partial charge in [0.15, 0.2) is 5.16 Å². The molecule has 0 radical (unpaired) electrons. The maximum Gasteiger partial charge on any atom is 0.309 e. The minimum absolute atomic E-state index is 0.235. The van der Waals surface area contributed by atoms with E-state index in [4.69, 9.17) is 0 Å². The number of rotatable bonds is 9. The summed E-state index contributed by atoms with van der Waals surface area (Å²) >= 11 is 7.92. The van der Waals surface area contributed by atoms with Gasteiger partial charge in [0.1, 0.15) is 5.69 Å². The largest absolute Gasteiger partial charge is 0.351 e. The number of carbonyl (C=O) groups excluding carboxylic acids is 1. The van der Waals surface area contributed by atoms with Gasteiger partial charge in [0.05, 0.1) is 21.0 Å². The van der Waals surface area contributed by atoms with Crippen molar-refractivity contribution in [3.8, 4) is 0 Å². The molecule has 0 saturated carbocycles. The molecule has 0 aliphatic carbocycles. The third-order valence-electron chi connectivity index (χ3n) is 4.27. The number of halogens is 2. The molecule has 0 fully saturated rings. The molecular weight excluding hydrogens is 570 g/mol. The Bertz CT molecular complexity index is 1140. The number of aromatic amines is 1. The topological polar surface area (TPSA) is 100 Å². The Morgan fingerprint density at radius 2 is 1.97 bits per heavy atom. The van der Waals surface area contributed by atoms with Gasteiger partial charge >= 0.3 is 10.2 Å². The van der Waals surface area contributed by atoms with E-state index < -0.39 is 10.2 Å². The average molecular weight is 591 g/mol. The second-order valence-corrected chi connectivity index (χ2v) is 11.4. The zero-order valence-corrected chi connectivity index (χ0v) is 21.6. The van der Waals surface area contributed by atoms with Crippen molar-refractivity contribution in [2.24, 2.45) is 0 Å². The quantitative estimate of drug-likeness (QED) is 0.368. The Morgan fingerprint density at radius 3 is 2.58 bits per heavy atom. The number of aryl methyl sites for hydroxylation is 1. The van der Waals surface area contributed by atoms with Gasteiger partial charge < -0.3 is 10.3 Å². The fraction of sp³-hybridized carbons (Fsp3) is 0.263. The van der Waals surface area contributed by atoms with E-state index in [1.165, 1.54) is 29.8 Å². The molecule has 1 amide bonds. The number of imidazole rings is 1. The molecule has 2 N–H and O–H groups in total. The molecule has 2 aromatic heterocycles. The molecule has 166 valence electrons. The van der Waals surface area contributed by atoms with Crippen LogP contribution in [-0.2, 0) is 16.6 Å². The Morgan fingerprint density at radius 1 is 1.26 bits per heavy atom. The first kappa shape index (κ1) is 24.1.